The number of nitrogens with one attached hydrogen (secondary N) is 1. The molecule has 0 aromatic carbocycles. The molecule has 0 radical (unpaired) electrons. The zero-order valence-corrected chi connectivity index (χ0v) is 13.0. The Labute approximate surface area is 121 Å². The van der Waals surface area contributed by atoms with Gasteiger partial charge in [0.15, 0.2) is 5.78 Å². The average Bonchev–Trinajstić information content (AvgIpc) is 2.88. The average molecular weight is 277 g/mol. The van der Waals surface area contributed by atoms with E-state index in [-0.39, 0.29) is 5.78 Å². The molecule has 0 spiro atoms. The summed E-state index contributed by atoms with van der Waals surface area (Å²) in [5.74, 6) is 0.202. The van der Waals surface area contributed by atoms with Gasteiger partial charge in [-0.25, -0.2) is 0 Å². The van der Waals surface area contributed by atoms with E-state index >= 15 is 0 Å². The van der Waals surface area contributed by atoms with Crippen molar-refractivity contribution in [1.29, 1.82) is 0 Å². The Hall–Kier alpha value is -1.16. The Morgan fingerprint density at radius 2 is 2.10 bits per heavy atom. The molecule has 1 aromatic rings. The molecule has 112 valence electrons. The van der Waals surface area contributed by atoms with Crippen LogP contribution in [0.25, 0.3) is 0 Å². The fraction of sp³-hybridized carbons (Fsp3) is 0.750. The van der Waals surface area contributed by atoms with Crippen LogP contribution in [0.5, 0.6) is 0 Å². The van der Waals surface area contributed by atoms with Gasteiger partial charge >= 0.3 is 0 Å². The van der Waals surface area contributed by atoms with Crippen LogP contribution in [0.4, 0.5) is 0 Å². The van der Waals surface area contributed by atoms with Gasteiger partial charge in [-0.15, -0.1) is 0 Å². The number of hydrogen-bond acceptors (Lipinski definition) is 3. The van der Waals surface area contributed by atoms with Crippen molar-refractivity contribution < 1.29 is 4.79 Å². The lowest BCUT2D eigenvalue weighted by Gasteiger charge is -2.24. The Balaban J connectivity index is 1.97. The highest BCUT2D eigenvalue weighted by Gasteiger charge is 2.26. The Kier molecular flexibility index (Phi) is 4.97. The normalized spacial score (nSPS) is 17.4. The van der Waals surface area contributed by atoms with Crippen molar-refractivity contribution in [3.63, 3.8) is 0 Å². The van der Waals surface area contributed by atoms with Crippen molar-refractivity contribution in [2.45, 2.75) is 70.9 Å². The third-order valence-corrected chi connectivity index (χ3v) is 4.27. The molecule has 2 rings (SSSR count). The molecule has 1 aromatic heterocycles. The fourth-order valence-corrected chi connectivity index (χ4v) is 2.95. The SMILES string of the molecule is CCNC(C)(C)C(=O)Cc1ccn(C2CCCCC2)n1. The molecule has 1 fully saturated rings. The molecular weight excluding hydrogens is 250 g/mol. The van der Waals surface area contributed by atoms with Crippen molar-refractivity contribution in [1.82, 2.24) is 15.1 Å². The summed E-state index contributed by atoms with van der Waals surface area (Å²) in [5.41, 5.74) is 0.426. The second kappa shape index (κ2) is 6.53. The highest BCUT2D eigenvalue weighted by atomic mass is 16.1. The molecule has 20 heavy (non-hydrogen) atoms. The number of rotatable bonds is 6. The first-order chi connectivity index (χ1) is 9.53. The van der Waals surface area contributed by atoms with Gasteiger partial charge in [0, 0.05) is 6.20 Å². The molecule has 1 aliphatic rings. The molecular formula is C16H27N3O. The molecule has 4 heteroatoms. The van der Waals surface area contributed by atoms with E-state index in [1.54, 1.807) is 0 Å². The summed E-state index contributed by atoms with van der Waals surface area (Å²) in [5, 5.41) is 7.84. The topological polar surface area (TPSA) is 46.9 Å². The highest BCUT2D eigenvalue weighted by molar-refractivity contribution is 5.89. The maximum atomic E-state index is 12.3. The first-order valence-electron chi connectivity index (χ1n) is 7.85. The molecule has 0 saturated heterocycles. The number of carbonyl (C=O) groups is 1. The molecule has 0 unspecified atom stereocenters. The summed E-state index contributed by atoms with van der Waals surface area (Å²) in [6.45, 7) is 6.70. The number of aromatic nitrogens is 2. The molecule has 0 bridgehead atoms. The summed E-state index contributed by atoms with van der Waals surface area (Å²) in [6, 6.07) is 2.53. The number of ketones is 1. The monoisotopic (exact) mass is 277 g/mol. The third-order valence-electron chi connectivity index (χ3n) is 4.27. The molecule has 0 amide bonds. The predicted octanol–water partition coefficient (Wildman–Crippen LogP) is 2.89. The van der Waals surface area contributed by atoms with E-state index in [1.807, 2.05) is 33.0 Å². The van der Waals surface area contributed by atoms with Crippen molar-refractivity contribution in [2.24, 2.45) is 0 Å². The maximum Gasteiger partial charge on any atom is 0.158 e. The number of nitrogens with zero attached hydrogens (tertiary/aromatic N) is 2. The zero-order chi connectivity index (χ0) is 14.6. The number of carbonyl (C=O) groups excluding carboxylic acids is 1. The van der Waals surface area contributed by atoms with Crippen molar-refractivity contribution in [2.75, 3.05) is 6.54 Å². The largest absolute Gasteiger partial charge is 0.306 e. The quantitative estimate of drug-likeness (QED) is 0.869. The van der Waals surface area contributed by atoms with Crippen molar-refractivity contribution in [3.8, 4) is 0 Å². The van der Waals surface area contributed by atoms with E-state index in [2.05, 4.69) is 15.1 Å². The van der Waals surface area contributed by atoms with E-state index in [1.165, 1.54) is 32.1 Å². The maximum absolute atomic E-state index is 12.3. The number of hydrogen-bond donors (Lipinski definition) is 1. The lowest BCUT2D eigenvalue weighted by Crippen LogP contribution is -2.47. The summed E-state index contributed by atoms with van der Waals surface area (Å²) < 4.78 is 2.07. The summed E-state index contributed by atoms with van der Waals surface area (Å²) in [4.78, 5) is 12.3. The van der Waals surface area contributed by atoms with Crippen LogP contribution in [0, 0.1) is 0 Å². The molecule has 1 aliphatic carbocycles. The third kappa shape index (κ3) is 3.69. The van der Waals surface area contributed by atoms with Gasteiger partial charge in [0.05, 0.1) is 23.7 Å². The van der Waals surface area contributed by atoms with Crippen LogP contribution in [0.15, 0.2) is 12.3 Å². The number of Topliss-reactive ketones (excluding diaryl/α,β-unsaturated/α-hetero) is 1. The van der Waals surface area contributed by atoms with Crippen LogP contribution < -0.4 is 5.32 Å². The molecule has 1 saturated carbocycles. The zero-order valence-electron chi connectivity index (χ0n) is 13.0. The first kappa shape index (κ1) is 15.2. The van der Waals surface area contributed by atoms with Gasteiger partial charge in [-0.3, -0.25) is 9.48 Å². The van der Waals surface area contributed by atoms with Crippen molar-refractivity contribution >= 4 is 5.78 Å². The smallest absolute Gasteiger partial charge is 0.158 e. The van der Waals surface area contributed by atoms with E-state index < -0.39 is 5.54 Å². The van der Waals surface area contributed by atoms with Gasteiger partial charge in [-0.2, -0.15) is 5.10 Å². The van der Waals surface area contributed by atoms with Gasteiger partial charge in [0.25, 0.3) is 0 Å². The van der Waals surface area contributed by atoms with Crippen LogP contribution in [-0.4, -0.2) is 27.6 Å². The van der Waals surface area contributed by atoms with Crippen LogP contribution in [0.2, 0.25) is 0 Å². The summed E-state index contributed by atoms with van der Waals surface area (Å²) >= 11 is 0. The molecule has 0 aliphatic heterocycles. The lowest BCUT2D eigenvalue weighted by molar-refractivity contribution is -0.123. The Morgan fingerprint density at radius 3 is 2.75 bits per heavy atom. The molecule has 0 atom stereocenters. The van der Waals surface area contributed by atoms with Gasteiger partial charge < -0.3 is 5.32 Å². The minimum absolute atomic E-state index is 0.202. The second-order valence-corrected chi connectivity index (χ2v) is 6.33. The lowest BCUT2D eigenvalue weighted by atomic mass is 9.95. The second-order valence-electron chi connectivity index (χ2n) is 6.33. The summed E-state index contributed by atoms with van der Waals surface area (Å²) in [6.07, 6.45) is 8.84. The highest BCUT2D eigenvalue weighted by Crippen LogP contribution is 2.27. The van der Waals surface area contributed by atoms with E-state index in [0.717, 1.165) is 12.2 Å². The van der Waals surface area contributed by atoms with Crippen LogP contribution in [0.3, 0.4) is 0 Å². The predicted molar refractivity (Wildman–Crippen MR) is 80.8 cm³/mol. The van der Waals surface area contributed by atoms with Gasteiger partial charge in [-0.1, -0.05) is 26.2 Å². The van der Waals surface area contributed by atoms with Crippen LogP contribution in [-0.2, 0) is 11.2 Å². The van der Waals surface area contributed by atoms with E-state index in [4.69, 9.17) is 0 Å². The van der Waals surface area contributed by atoms with Crippen LogP contribution >= 0.6 is 0 Å². The molecule has 4 nitrogen and oxygen atoms in total. The van der Waals surface area contributed by atoms with E-state index in [9.17, 15) is 4.79 Å². The molecule has 1 N–H and O–H groups in total. The minimum atomic E-state index is -0.469. The first-order valence-corrected chi connectivity index (χ1v) is 7.85. The summed E-state index contributed by atoms with van der Waals surface area (Å²) in [7, 11) is 0. The van der Waals surface area contributed by atoms with Crippen LogP contribution in [0.1, 0.15) is 64.6 Å². The van der Waals surface area contributed by atoms with Crippen molar-refractivity contribution in [3.05, 3.63) is 18.0 Å². The fourth-order valence-electron chi connectivity index (χ4n) is 2.95. The Morgan fingerprint density at radius 1 is 1.40 bits per heavy atom. The van der Waals surface area contributed by atoms with Gasteiger partial charge in [0.1, 0.15) is 0 Å². The minimum Gasteiger partial charge on any atom is -0.306 e. The van der Waals surface area contributed by atoms with Gasteiger partial charge in [0.2, 0.25) is 0 Å². The standard InChI is InChI=1S/C16H27N3O/c1-4-17-16(2,3)15(20)12-13-10-11-19(18-13)14-8-6-5-7-9-14/h10-11,14,17H,4-9,12H2,1-3H3. The number of likely N-dealkylation sites (N-methyl/N-ethyl adjacent to an activating group) is 1. The Bertz CT molecular complexity index is 444. The molecule has 1 heterocycles. The van der Waals surface area contributed by atoms with E-state index in [0.29, 0.717) is 12.5 Å². The van der Waals surface area contributed by atoms with Gasteiger partial charge in [-0.05, 0) is 39.3 Å².